The minimum atomic E-state index is -0.104. The lowest BCUT2D eigenvalue weighted by molar-refractivity contribution is 0.0896. The van der Waals surface area contributed by atoms with E-state index in [0.717, 1.165) is 21.6 Å². The van der Waals surface area contributed by atoms with Crippen LogP contribution in [0.4, 0.5) is 5.82 Å². The number of carbonyl (C=O) groups excluding carboxylic acids is 1. The summed E-state index contributed by atoms with van der Waals surface area (Å²) in [5, 5.41) is 4.01. The van der Waals surface area contributed by atoms with Crippen LogP contribution in [0, 0.1) is 0 Å². The van der Waals surface area contributed by atoms with Crippen molar-refractivity contribution in [1.82, 2.24) is 20.2 Å². The van der Waals surface area contributed by atoms with Crippen molar-refractivity contribution in [2.75, 3.05) is 25.5 Å². The average Bonchev–Trinajstić information content (AvgIpc) is 2.90. The molecule has 3 heterocycles. The van der Waals surface area contributed by atoms with Crippen molar-refractivity contribution in [2.45, 2.75) is 13.5 Å². The van der Waals surface area contributed by atoms with Gasteiger partial charge in [0.1, 0.15) is 21.9 Å². The van der Waals surface area contributed by atoms with E-state index in [9.17, 15) is 4.79 Å². The molecule has 0 spiro atoms. The lowest BCUT2D eigenvalue weighted by atomic mass is 10.1. The topological polar surface area (TPSA) is 73.7 Å². The summed E-state index contributed by atoms with van der Waals surface area (Å²) in [6, 6.07) is 0. The summed E-state index contributed by atoms with van der Waals surface area (Å²) in [6.07, 6.45) is 10.5. The quantitative estimate of drug-likeness (QED) is 0.658. The molecular weight excluding hydrogens is 336 g/mol. The van der Waals surface area contributed by atoms with Gasteiger partial charge in [-0.1, -0.05) is 12.2 Å². The number of anilines is 1. The molecule has 25 heavy (non-hydrogen) atoms. The van der Waals surface area contributed by atoms with Crippen LogP contribution in [0.3, 0.4) is 0 Å². The number of hydrogen-bond acceptors (Lipinski definition) is 7. The van der Waals surface area contributed by atoms with Crippen molar-refractivity contribution >= 4 is 39.6 Å². The number of aliphatic imine (C=N–C) groups is 1. The molecule has 0 fully saturated rings. The SMILES string of the molecule is C/C=C\CN/C=C/N1C=NCc2c(sc3ncnc(N(C)C)c23)C1=O. The van der Waals surface area contributed by atoms with Gasteiger partial charge in [0.2, 0.25) is 0 Å². The number of fused-ring (bicyclic) bond motifs is 3. The minimum Gasteiger partial charge on any atom is -0.386 e. The number of allylic oxidation sites excluding steroid dienone is 1. The highest BCUT2D eigenvalue weighted by atomic mass is 32.1. The fourth-order valence-electron chi connectivity index (χ4n) is 2.52. The number of nitrogens with zero attached hydrogens (tertiary/aromatic N) is 5. The third-order valence-electron chi connectivity index (χ3n) is 3.70. The molecule has 0 atom stereocenters. The Bertz CT molecular complexity index is 867. The van der Waals surface area contributed by atoms with Gasteiger partial charge in [-0.25, -0.2) is 9.97 Å². The Morgan fingerprint density at radius 2 is 2.24 bits per heavy atom. The summed E-state index contributed by atoms with van der Waals surface area (Å²) in [5.74, 6) is 0.704. The van der Waals surface area contributed by atoms with Gasteiger partial charge in [-0.2, -0.15) is 0 Å². The van der Waals surface area contributed by atoms with Gasteiger partial charge in [-0.05, 0) is 6.92 Å². The normalized spacial score (nSPS) is 14.5. The van der Waals surface area contributed by atoms with E-state index in [4.69, 9.17) is 0 Å². The zero-order valence-corrected chi connectivity index (χ0v) is 15.2. The second-order valence-electron chi connectivity index (χ2n) is 5.64. The molecule has 0 saturated heterocycles. The highest BCUT2D eigenvalue weighted by Gasteiger charge is 2.26. The van der Waals surface area contributed by atoms with E-state index in [0.29, 0.717) is 18.0 Å². The Morgan fingerprint density at radius 1 is 1.40 bits per heavy atom. The van der Waals surface area contributed by atoms with Gasteiger partial charge in [-0.15, -0.1) is 11.3 Å². The summed E-state index contributed by atoms with van der Waals surface area (Å²) < 4.78 is 0. The smallest absolute Gasteiger partial charge is 0.273 e. The molecule has 2 aromatic heterocycles. The highest BCUT2D eigenvalue weighted by molar-refractivity contribution is 7.20. The summed E-state index contributed by atoms with van der Waals surface area (Å²) in [7, 11) is 3.86. The molecule has 0 bridgehead atoms. The van der Waals surface area contributed by atoms with Gasteiger partial charge in [0.05, 0.1) is 18.3 Å². The van der Waals surface area contributed by atoms with Crippen molar-refractivity contribution in [3.63, 3.8) is 0 Å². The van der Waals surface area contributed by atoms with Gasteiger partial charge in [0, 0.05) is 38.6 Å². The van der Waals surface area contributed by atoms with Gasteiger partial charge in [0.25, 0.3) is 5.91 Å². The summed E-state index contributed by atoms with van der Waals surface area (Å²) in [4.78, 5) is 30.9. The predicted octanol–water partition coefficient (Wildman–Crippen LogP) is 2.38. The molecule has 3 rings (SSSR count). The van der Waals surface area contributed by atoms with Gasteiger partial charge in [0.15, 0.2) is 0 Å². The van der Waals surface area contributed by atoms with Crippen LogP contribution in [-0.4, -0.2) is 47.8 Å². The average molecular weight is 356 g/mol. The van der Waals surface area contributed by atoms with Crippen LogP contribution in [0.1, 0.15) is 22.2 Å². The molecule has 1 aliphatic heterocycles. The molecule has 0 radical (unpaired) electrons. The van der Waals surface area contributed by atoms with Crippen molar-refractivity contribution in [3.05, 3.63) is 41.3 Å². The highest BCUT2D eigenvalue weighted by Crippen LogP contribution is 2.36. The largest absolute Gasteiger partial charge is 0.386 e. The lowest BCUT2D eigenvalue weighted by Gasteiger charge is -2.12. The third kappa shape index (κ3) is 3.39. The van der Waals surface area contributed by atoms with Gasteiger partial charge >= 0.3 is 0 Å². The van der Waals surface area contributed by atoms with Crippen LogP contribution in [0.2, 0.25) is 0 Å². The van der Waals surface area contributed by atoms with E-state index < -0.39 is 0 Å². The standard InChI is InChI=1S/C17H20N6OS/c1-4-5-6-18-7-8-23-11-19-9-12-13-15(22(2)3)20-10-21-16(13)25-14(12)17(23)24/h4-5,7-8,10-11,18H,6,9H2,1-3H3/b5-4-,8-7+. The fourth-order valence-corrected chi connectivity index (χ4v) is 3.61. The molecule has 7 nitrogen and oxygen atoms in total. The zero-order chi connectivity index (χ0) is 17.8. The first kappa shape index (κ1) is 17.1. The number of thiophene rings is 1. The van der Waals surface area contributed by atoms with Crippen molar-refractivity contribution in [3.8, 4) is 0 Å². The maximum atomic E-state index is 12.9. The number of amides is 1. The van der Waals surface area contributed by atoms with E-state index in [2.05, 4.69) is 20.3 Å². The van der Waals surface area contributed by atoms with E-state index in [1.807, 2.05) is 38.1 Å². The molecule has 0 aliphatic carbocycles. The van der Waals surface area contributed by atoms with Crippen molar-refractivity contribution in [1.29, 1.82) is 0 Å². The molecule has 2 aromatic rings. The lowest BCUT2D eigenvalue weighted by Crippen LogP contribution is -2.23. The summed E-state index contributed by atoms with van der Waals surface area (Å²) in [6.45, 7) is 3.11. The van der Waals surface area contributed by atoms with E-state index >= 15 is 0 Å². The minimum absolute atomic E-state index is 0.104. The Morgan fingerprint density at radius 3 is 3.00 bits per heavy atom. The van der Waals surface area contributed by atoms with Crippen LogP contribution >= 0.6 is 11.3 Å². The maximum absolute atomic E-state index is 12.9. The molecule has 1 amide bonds. The molecule has 1 N–H and O–H groups in total. The molecule has 8 heteroatoms. The van der Waals surface area contributed by atoms with Crippen LogP contribution in [-0.2, 0) is 6.54 Å². The first-order chi connectivity index (χ1) is 12.1. The van der Waals surface area contributed by atoms with Crippen LogP contribution in [0.15, 0.2) is 35.9 Å². The Kier molecular flexibility index (Phi) is 5.08. The third-order valence-corrected chi connectivity index (χ3v) is 4.83. The Labute approximate surface area is 150 Å². The summed E-state index contributed by atoms with van der Waals surface area (Å²) in [5.41, 5.74) is 0.892. The van der Waals surface area contributed by atoms with Crippen LogP contribution in [0.5, 0.6) is 0 Å². The molecule has 0 saturated carbocycles. The number of rotatable bonds is 5. The Balaban J connectivity index is 1.95. The molecular formula is C17H20N6OS. The first-order valence-electron chi connectivity index (χ1n) is 7.91. The second-order valence-corrected chi connectivity index (χ2v) is 6.64. The van der Waals surface area contributed by atoms with Gasteiger partial charge < -0.3 is 10.2 Å². The number of nitrogens with one attached hydrogen (secondary N) is 1. The zero-order valence-electron chi connectivity index (χ0n) is 14.4. The van der Waals surface area contributed by atoms with Crippen molar-refractivity contribution < 1.29 is 4.79 Å². The molecule has 130 valence electrons. The monoisotopic (exact) mass is 356 g/mol. The molecule has 0 unspecified atom stereocenters. The van der Waals surface area contributed by atoms with E-state index in [1.54, 1.807) is 18.7 Å². The van der Waals surface area contributed by atoms with E-state index in [1.165, 1.54) is 22.6 Å². The van der Waals surface area contributed by atoms with Gasteiger partial charge in [-0.3, -0.25) is 14.7 Å². The van der Waals surface area contributed by atoms with Crippen molar-refractivity contribution in [2.24, 2.45) is 4.99 Å². The van der Waals surface area contributed by atoms with Crippen LogP contribution in [0.25, 0.3) is 10.2 Å². The first-order valence-corrected chi connectivity index (χ1v) is 8.72. The Hall–Kier alpha value is -2.74. The number of hydrogen-bond donors (Lipinski definition) is 1. The maximum Gasteiger partial charge on any atom is 0.273 e. The number of aromatic nitrogens is 2. The van der Waals surface area contributed by atoms with Crippen LogP contribution < -0.4 is 10.2 Å². The molecule has 1 aliphatic rings. The predicted molar refractivity (Wildman–Crippen MR) is 102 cm³/mol. The molecule has 0 aromatic carbocycles. The fraction of sp³-hybridized carbons (Fsp3) is 0.294. The number of carbonyl (C=O) groups is 1. The van der Waals surface area contributed by atoms with E-state index in [-0.39, 0.29) is 5.91 Å². The summed E-state index contributed by atoms with van der Waals surface area (Å²) >= 11 is 1.39. The second kappa shape index (κ2) is 7.43.